The Morgan fingerprint density at radius 2 is 1.89 bits per heavy atom. The zero-order valence-corrected chi connectivity index (χ0v) is 11.9. The van der Waals surface area contributed by atoms with Crippen molar-refractivity contribution in [3.63, 3.8) is 0 Å². The molecule has 1 aliphatic rings. The Balaban J connectivity index is 2.46. The van der Waals surface area contributed by atoms with Crippen LogP contribution in [0.1, 0.15) is 26.2 Å². The number of carbonyl (C=O) groups excluding carboxylic acids is 1. The van der Waals surface area contributed by atoms with Crippen molar-refractivity contribution in [3.8, 4) is 0 Å². The maximum absolute atomic E-state index is 12.8. The van der Waals surface area contributed by atoms with Gasteiger partial charge in [-0.05, 0) is 25.5 Å². The molecule has 19 heavy (non-hydrogen) atoms. The predicted molar refractivity (Wildman–Crippen MR) is 71.7 cm³/mol. The summed E-state index contributed by atoms with van der Waals surface area (Å²) >= 11 is 0. The van der Waals surface area contributed by atoms with Crippen LogP contribution in [0.5, 0.6) is 0 Å². The molecule has 1 aromatic carbocycles. The molecule has 0 bridgehead atoms. The maximum atomic E-state index is 12.8. The lowest BCUT2D eigenvalue weighted by Gasteiger charge is -2.39. The van der Waals surface area contributed by atoms with Crippen LogP contribution in [0.25, 0.3) is 0 Å². The predicted octanol–water partition coefficient (Wildman–Crippen LogP) is 1.99. The second-order valence-corrected chi connectivity index (χ2v) is 7.51. The lowest BCUT2D eigenvalue weighted by molar-refractivity contribution is -0.124. The molecule has 4 nitrogen and oxygen atoms in total. The van der Waals surface area contributed by atoms with Crippen molar-refractivity contribution < 1.29 is 17.9 Å². The van der Waals surface area contributed by atoms with Crippen molar-refractivity contribution in [1.82, 2.24) is 0 Å². The summed E-state index contributed by atoms with van der Waals surface area (Å²) in [7, 11) is -2.06. The second kappa shape index (κ2) is 5.06. The Morgan fingerprint density at radius 1 is 1.26 bits per heavy atom. The number of methoxy groups -OCH3 is 1. The third-order valence-corrected chi connectivity index (χ3v) is 6.53. The van der Waals surface area contributed by atoms with E-state index in [1.807, 2.05) is 0 Å². The molecule has 5 heteroatoms. The highest BCUT2D eigenvalue weighted by molar-refractivity contribution is 7.92. The first-order valence-corrected chi connectivity index (χ1v) is 7.74. The average molecular weight is 282 g/mol. The van der Waals surface area contributed by atoms with Gasteiger partial charge in [0, 0.05) is 20.0 Å². The number of Topliss-reactive ketones (excluding diaryl/α,β-unsaturated/α-hetero) is 1. The van der Waals surface area contributed by atoms with Gasteiger partial charge in [-0.3, -0.25) is 4.79 Å². The fourth-order valence-corrected chi connectivity index (χ4v) is 4.53. The first kappa shape index (κ1) is 14.2. The third-order valence-electron chi connectivity index (χ3n) is 3.95. The molecule has 2 atom stereocenters. The standard InChI is InChI=1S/C14H18O4S/c1-14(9-8-11(15)10-13(14)18-2)19(16,17)12-6-4-3-5-7-12/h3-7,13H,8-10H2,1-2H3. The molecule has 1 saturated carbocycles. The van der Waals surface area contributed by atoms with Gasteiger partial charge in [0.1, 0.15) is 10.5 Å². The average Bonchev–Trinajstić information content (AvgIpc) is 2.42. The Labute approximate surface area is 113 Å². The first-order chi connectivity index (χ1) is 8.91. The molecule has 1 fully saturated rings. The van der Waals surface area contributed by atoms with Crippen molar-refractivity contribution in [2.45, 2.75) is 41.9 Å². The quantitative estimate of drug-likeness (QED) is 0.850. The van der Waals surface area contributed by atoms with E-state index < -0.39 is 20.7 Å². The molecular formula is C14H18O4S. The summed E-state index contributed by atoms with van der Waals surface area (Å²) in [5, 5.41) is 0. The number of carbonyl (C=O) groups is 1. The normalized spacial score (nSPS) is 28.3. The second-order valence-electron chi connectivity index (χ2n) is 5.10. The number of benzene rings is 1. The summed E-state index contributed by atoms with van der Waals surface area (Å²) in [6, 6.07) is 8.35. The molecule has 0 aromatic heterocycles. The summed E-state index contributed by atoms with van der Waals surface area (Å²) in [5.74, 6) is 0.0626. The van der Waals surface area contributed by atoms with Gasteiger partial charge in [-0.1, -0.05) is 18.2 Å². The van der Waals surface area contributed by atoms with E-state index in [4.69, 9.17) is 4.74 Å². The van der Waals surface area contributed by atoms with E-state index in [2.05, 4.69) is 0 Å². The van der Waals surface area contributed by atoms with E-state index in [0.717, 1.165) is 0 Å². The number of hydrogen-bond donors (Lipinski definition) is 0. The van der Waals surface area contributed by atoms with Crippen LogP contribution in [-0.4, -0.2) is 32.2 Å². The van der Waals surface area contributed by atoms with Gasteiger partial charge in [-0.25, -0.2) is 8.42 Å². The van der Waals surface area contributed by atoms with E-state index >= 15 is 0 Å². The van der Waals surface area contributed by atoms with Gasteiger partial charge in [-0.15, -0.1) is 0 Å². The molecule has 0 heterocycles. The van der Waals surface area contributed by atoms with Gasteiger partial charge in [0.2, 0.25) is 0 Å². The molecule has 0 saturated heterocycles. The minimum absolute atomic E-state index is 0.0626. The van der Waals surface area contributed by atoms with E-state index in [1.54, 1.807) is 37.3 Å². The fraction of sp³-hybridized carbons (Fsp3) is 0.500. The monoisotopic (exact) mass is 282 g/mol. The number of sulfone groups is 1. The van der Waals surface area contributed by atoms with Gasteiger partial charge in [0.25, 0.3) is 0 Å². The third kappa shape index (κ3) is 2.32. The Kier molecular flexibility index (Phi) is 3.78. The number of ketones is 1. The summed E-state index contributed by atoms with van der Waals surface area (Å²) in [6.07, 6.45) is 0.183. The summed E-state index contributed by atoms with van der Waals surface area (Å²) in [4.78, 5) is 11.8. The van der Waals surface area contributed by atoms with Crippen molar-refractivity contribution >= 4 is 15.6 Å². The first-order valence-electron chi connectivity index (χ1n) is 6.26. The van der Waals surface area contributed by atoms with Crippen LogP contribution in [0.2, 0.25) is 0 Å². The molecule has 1 aromatic rings. The molecule has 0 aliphatic heterocycles. The Bertz CT molecular complexity index is 564. The molecule has 0 radical (unpaired) electrons. The lowest BCUT2D eigenvalue weighted by Crippen LogP contribution is -2.51. The summed E-state index contributed by atoms with van der Waals surface area (Å²) < 4.78 is 29.8. The highest BCUT2D eigenvalue weighted by atomic mass is 32.2. The Hall–Kier alpha value is -1.20. The van der Waals surface area contributed by atoms with Gasteiger partial charge < -0.3 is 4.74 Å². The fourth-order valence-electron chi connectivity index (χ4n) is 2.58. The van der Waals surface area contributed by atoms with E-state index in [-0.39, 0.29) is 17.1 Å². The summed E-state index contributed by atoms with van der Waals surface area (Å²) in [5.41, 5.74) is 0. The largest absolute Gasteiger partial charge is 0.379 e. The molecule has 0 N–H and O–H groups in total. The van der Waals surface area contributed by atoms with Crippen molar-refractivity contribution in [3.05, 3.63) is 30.3 Å². The molecule has 0 spiro atoms. The minimum Gasteiger partial charge on any atom is -0.379 e. The number of ether oxygens (including phenoxy) is 1. The van der Waals surface area contributed by atoms with Crippen LogP contribution < -0.4 is 0 Å². The van der Waals surface area contributed by atoms with Crippen LogP contribution in [0.15, 0.2) is 35.2 Å². The van der Waals surface area contributed by atoms with Gasteiger partial charge in [-0.2, -0.15) is 0 Å². The van der Waals surface area contributed by atoms with E-state index in [1.165, 1.54) is 7.11 Å². The highest BCUT2D eigenvalue weighted by Gasteiger charge is 2.50. The van der Waals surface area contributed by atoms with Crippen LogP contribution in [-0.2, 0) is 19.4 Å². The molecular weight excluding hydrogens is 264 g/mol. The molecule has 2 unspecified atom stereocenters. The van der Waals surface area contributed by atoms with Crippen molar-refractivity contribution in [2.75, 3.05) is 7.11 Å². The Morgan fingerprint density at radius 3 is 2.47 bits per heavy atom. The van der Waals surface area contributed by atoms with E-state index in [0.29, 0.717) is 12.8 Å². The summed E-state index contributed by atoms with van der Waals surface area (Å²) in [6.45, 7) is 1.68. The van der Waals surface area contributed by atoms with Crippen molar-refractivity contribution in [2.24, 2.45) is 0 Å². The SMILES string of the molecule is COC1CC(=O)CCC1(C)S(=O)(=O)c1ccccc1. The lowest BCUT2D eigenvalue weighted by atomic mass is 9.86. The van der Waals surface area contributed by atoms with Gasteiger partial charge >= 0.3 is 0 Å². The van der Waals surface area contributed by atoms with Crippen molar-refractivity contribution in [1.29, 1.82) is 0 Å². The smallest absolute Gasteiger partial charge is 0.186 e. The highest BCUT2D eigenvalue weighted by Crippen LogP contribution is 2.39. The molecule has 0 amide bonds. The molecule has 1 aliphatic carbocycles. The minimum atomic E-state index is -3.52. The zero-order chi connectivity index (χ0) is 14.1. The van der Waals surface area contributed by atoms with Crippen LogP contribution in [0.4, 0.5) is 0 Å². The van der Waals surface area contributed by atoms with E-state index in [9.17, 15) is 13.2 Å². The number of hydrogen-bond acceptors (Lipinski definition) is 4. The van der Waals surface area contributed by atoms with Crippen LogP contribution in [0, 0.1) is 0 Å². The maximum Gasteiger partial charge on any atom is 0.186 e. The topological polar surface area (TPSA) is 60.4 Å². The van der Waals surface area contributed by atoms with Crippen LogP contribution in [0.3, 0.4) is 0 Å². The molecule has 2 rings (SSSR count). The van der Waals surface area contributed by atoms with Crippen LogP contribution >= 0.6 is 0 Å². The number of rotatable bonds is 3. The van der Waals surface area contributed by atoms with Gasteiger partial charge in [0.15, 0.2) is 9.84 Å². The van der Waals surface area contributed by atoms with Gasteiger partial charge in [0.05, 0.1) is 11.0 Å². The molecule has 104 valence electrons. The zero-order valence-electron chi connectivity index (χ0n) is 11.1.